The lowest BCUT2D eigenvalue weighted by atomic mass is 9.77. The molecule has 1 aliphatic rings. The third-order valence-corrected chi connectivity index (χ3v) is 2.73. The second-order valence-electron chi connectivity index (χ2n) is 4.42. The monoisotopic (exact) mass is 201 g/mol. The summed E-state index contributed by atoms with van der Waals surface area (Å²) in [5.74, 6) is -0.700. The minimum absolute atomic E-state index is 0.0758. The molecule has 1 N–H and O–H groups in total. The SMILES string of the molecule is CN(C)CC1(CC(=O)O)CCOCC1. The molecule has 0 amide bonds. The van der Waals surface area contributed by atoms with Crippen molar-refractivity contribution in [1.82, 2.24) is 4.90 Å². The molecule has 82 valence electrons. The number of carboxylic acids is 1. The molecule has 14 heavy (non-hydrogen) atoms. The Balaban J connectivity index is 2.61. The highest BCUT2D eigenvalue weighted by Crippen LogP contribution is 2.34. The molecular weight excluding hydrogens is 182 g/mol. The summed E-state index contributed by atoms with van der Waals surface area (Å²) in [7, 11) is 3.97. The van der Waals surface area contributed by atoms with Gasteiger partial charge >= 0.3 is 5.97 Å². The zero-order chi connectivity index (χ0) is 10.6. The highest BCUT2D eigenvalue weighted by molar-refractivity contribution is 5.67. The van der Waals surface area contributed by atoms with Crippen LogP contribution in [-0.2, 0) is 9.53 Å². The summed E-state index contributed by atoms with van der Waals surface area (Å²) in [5, 5.41) is 8.88. The van der Waals surface area contributed by atoms with Crippen molar-refractivity contribution >= 4 is 5.97 Å². The van der Waals surface area contributed by atoms with E-state index in [0.717, 1.165) is 19.4 Å². The second kappa shape index (κ2) is 4.75. The Morgan fingerprint density at radius 1 is 1.43 bits per heavy atom. The van der Waals surface area contributed by atoms with Crippen LogP contribution in [0.1, 0.15) is 19.3 Å². The summed E-state index contributed by atoms with van der Waals surface area (Å²) in [6.45, 7) is 2.23. The highest BCUT2D eigenvalue weighted by atomic mass is 16.5. The number of carboxylic acid groups (broad SMARTS) is 1. The van der Waals surface area contributed by atoms with Gasteiger partial charge in [-0.2, -0.15) is 0 Å². The van der Waals surface area contributed by atoms with Gasteiger partial charge in [0.1, 0.15) is 0 Å². The fraction of sp³-hybridized carbons (Fsp3) is 0.900. The van der Waals surface area contributed by atoms with Gasteiger partial charge in [-0.1, -0.05) is 0 Å². The minimum Gasteiger partial charge on any atom is -0.481 e. The smallest absolute Gasteiger partial charge is 0.303 e. The lowest BCUT2D eigenvalue weighted by Crippen LogP contribution is -2.40. The first-order valence-corrected chi connectivity index (χ1v) is 4.98. The first-order valence-electron chi connectivity index (χ1n) is 4.98. The van der Waals surface area contributed by atoms with Crippen LogP contribution in [0.4, 0.5) is 0 Å². The van der Waals surface area contributed by atoms with Crippen molar-refractivity contribution in [2.45, 2.75) is 19.3 Å². The summed E-state index contributed by atoms with van der Waals surface area (Å²) < 4.78 is 5.28. The molecular formula is C10H19NO3. The largest absolute Gasteiger partial charge is 0.481 e. The van der Waals surface area contributed by atoms with Gasteiger partial charge in [-0.3, -0.25) is 4.79 Å². The summed E-state index contributed by atoms with van der Waals surface area (Å²) in [5.41, 5.74) is -0.0758. The van der Waals surface area contributed by atoms with Crippen molar-refractivity contribution in [2.75, 3.05) is 33.9 Å². The van der Waals surface area contributed by atoms with E-state index in [0.29, 0.717) is 13.2 Å². The number of rotatable bonds is 4. The first-order chi connectivity index (χ1) is 6.54. The summed E-state index contributed by atoms with van der Waals surface area (Å²) in [4.78, 5) is 12.9. The predicted molar refractivity (Wildman–Crippen MR) is 53.3 cm³/mol. The van der Waals surface area contributed by atoms with Gasteiger partial charge in [0, 0.05) is 19.8 Å². The van der Waals surface area contributed by atoms with Gasteiger partial charge in [0.25, 0.3) is 0 Å². The average molecular weight is 201 g/mol. The normalized spacial score (nSPS) is 21.1. The van der Waals surface area contributed by atoms with Crippen molar-refractivity contribution in [1.29, 1.82) is 0 Å². The Morgan fingerprint density at radius 3 is 2.43 bits per heavy atom. The number of carbonyl (C=O) groups is 1. The van der Waals surface area contributed by atoms with Crippen molar-refractivity contribution in [3.05, 3.63) is 0 Å². The standard InChI is InChI=1S/C10H19NO3/c1-11(2)8-10(7-9(12)13)3-5-14-6-4-10/h3-8H2,1-2H3,(H,12,13). The van der Waals surface area contributed by atoms with E-state index in [-0.39, 0.29) is 11.8 Å². The number of hydrogen-bond donors (Lipinski definition) is 1. The fourth-order valence-electron chi connectivity index (χ4n) is 2.19. The molecule has 1 heterocycles. The Hall–Kier alpha value is -0.610. The van der Waals surface area contributed by atoms with Crippen LogP contribution in [0, 0.1) is 5.41 Å². The molecule has 1 saturated heterocycles. The van der Waals surface area contributed by atoms with Crippen LogP contribution in [-0.4, -0.2) is 49.8 Å². The van der Waals surface area contributed by atoms with E-state index in [4.69, 9.17) is 9.84 Å². The molecule has 0 aliphatic carbocycles. The maximum Gasteiger partial charge on any atom is 0.303 e. The van der Waals surface area contributed by atoms with Crippen molar-refractivity contribution in [3.63, 3.8) is 0 Å². The number of ether oxygens (including phenoxy) is 1. The zero-order valence-electron chi connectivity index (χ0n) is 8.95. The Kier molecular flexibility index (Phi) is 3.89. The first kappa shape index (κ1) is 11.5. The Morgan fingerprint density at radius 2 is 2.00 bits per heavy atom. The number of hydrogen-bond acceptors (Lipinski definition) is 3. The van der Waals surface area contributed by atoms with E-state index >= 15 is 0 Å². The van der Waals surface area contributed by atoms with Crippen LogP contribution in [0.25, 0.3) is 0 Å². The van der Waals surface area contributed by atoms with E-state index in [2.05, 4.69) is 4.90 Å². The molecule has 0 saturated carbocycles. The van der Waals surface area contributed by atoms with Gasteiger partial charge < -0.3 is 14.7 Å². The van der Waals surface area contributed by atoms with Gasteiger partial charge in [0.15, 0.2) is 0 Å². The lowest BCUT2D eigenvalue weighted by molar-refractivity contribution is -0.141. The molecule has 0 aromatic rings. The minimum atomic E-state index is -0.700. The molecule has 0 atom stereocenters. The van der Waals surface area contributed by atoms with E-state index < -0.39 is 5.97 Å². The van der Waals surface area contributed by atoms with Gasteiger partial charge in [-0.15, -0.1) is 0 Å². The molecule has 0 aromatic heterocycles. The molecule has 1 rings (SSSR count). The van der Waals surface area contributed by atoms with Gasteiger partial charge in [0.2, 0.25) is 0 Å². The lowest BCUT2D eigenvalue weighted by Gasteiger charge is -2.38. The molecule has 0 spiro atoms. The molecule has 1 aliphatic heterocycles. The van der Waals surface area contributed by atoms with Gasteiger partial charge in [-0.05, 0) is 32.4 Å². The zero-order valence-corrected chi connectivity index (χ0v) is 8.95. The summed E-state index contributed by atoms with van der Waals surface area (Å²) in [6.07, 6.45) is 1.98. The molecule has 1 fully saturated rings. The number of aliphatic carboxylic acids is 1. The van der Waals surface area contributed by atoms with Gasteiger partial charge in [0.05, 0.1) is 6.42 Å². The molecule has 4 heteroatoms. The third kappa shape index (κ3) is 3.27. The van der Waals surface area contributed by atoms with Crippen LogP contribution >= 0.6 is 0 Å². The summed E-state index contributed by atoms with van der Waals surface area (Å²) in [6, 6.07) is 0. The predicted octanol–water partition coefficient (Wildman–Crippen LogP) is 0.819. The van der Waals surface area contributed by atoms with Crippen LogP contribution in [0.3, 0.4) is 0 Å². The van der Waals surface area contributed by atoms with Crippen LogP contribution in [0.2, 0.25) is 0 Å². The van der Waals surface area contributed by atoms with E-state index in [9.17, 15) is 4.79 Å². The topological polar surface area (TPSA) is 49.8 Å². The molecule has 0 aromatic carbocycles. The Bertz CT molecular complexity index is 198. The summed E-state index contributed by atoms with van der Waals surface area (Å²) >= 11 is 0. The fourth-order valence-corrected chi connectivity index (χ4v) is 2.19. The maximum absolute atomic E-state index is 10.8. The van der Waals surface area contributed by atoms with Crippen molar-refractivity contribution in [2.24, 2.45) is 5.41 Å². The molecule has 0 radical (unpaired) electrons. The quantitative estimate of drug-likeness (QED) is 0.731. The number of nitrogens with zero attached hydrogens (tertiary/aromatic N) is 1. The third-order valence-electron chi connectivity index (χ3n) is 2.73. The molecule has 4 nitrogen and oxygen atoms in total. The van der Waals surface area contributed by atoms with E-state index in [1.54, 1.807) is 0 Å². The average Bonchev–Trinajstić information content (AvgIpc) is 2.01. The van der Waals surface area contributed by atoms with Crippen LogP contribution in [0.15, 0.2) is 0 Å². The molecule has 0 bridgehead atoms. The van der Waals surface area contributed by atoms with Crippen molar-refractivity contribution < 1.29 is 14.6 Å². The van der Waals surface area contributed by atoms with Crippen LogP contribution in [0.5, 0.6) is 0 Å². The van der Waals surface area contributed by atoms with Crippen LogP contribution < -0.4 is 0 Å². The van der Waals surface area contributed by atoms with E-state index in [1.165, 1.54) is 0 Å². The highest BCUT2D eigenvalue weighted by Gasteiger charge is 2.35. The maximum atomic E-state index is 10.8. The molecule has 0 unspecified atom stereocenters. The van der Waals surface area contributed by atoms with E-state index in [1.807, 2.05) is 14.1 Å². The van der Waals surface area contributed by atoms with Gasteiger partial charge in [-0.25, -0.2) is 0 Å². The van der Waals surface area contributed by atoms with Crippen molar-refractivity contribution in [3.8, 4) is 0 Å². The Labute approximate surface area is 84.8 Å². The second-order valence-corrected chi connectivity index (χ2v) is 4.42.